The molecule has 0 aromatic carbocycles. The zero-order chi connectivity index (χ0) is 19.2. The van der Waals surface area contributed by atoms with Crippen LogP contribution in [-0.2, 0) is 23.9 Å². The molecule has 0 aromatic heterocycles. The summed E-state index contributed by atoms with van der Waals surface area (Å²) in [7, 11) is 0. The van der Waals surface area contributed by atoms with Gasteiger partial charge in [-0.3, -0.25) is 14.4 Å². The lowest BCUT2D eigenvalue weighted by molar-refractivity contribution is -0.184. The molecule has 1 N–H and O–H groups in total. The summed E-state index contributed by atoms with van der Waals surface area (Å²) in [6.07, 6.45) is 4.56. The number of carbonyl (C=O) groups excluding carboxylic acids is 3. The lowest BCUT2D eigenvalue weighted by Crippen LogP contribution is -2.65. The smallest absolute Gasteiger partial charge is 0.312 e. The number of nitrogens with one attached hydrogen (secondary N) is 1. The summed E-state index contributed by atoms with van der Waals surface area (Å²) in [6.45, 7) is 5.35. The van der Waals surface area contributed by atoms with Crippen molar-refractivity contribution in [2.24, 2.45) is 17.3 Å². The Labute approximate surface area is 160 Å². The molecule has 0 radical (unpaired) electrons. The molecule has 27 heavy (non-hydrogen) atoms. The minimum absolute atomic E-state index is 0.0312. The maximum Gasteiger partial charge on any atom is 0.312 e. The summed E-state index contributed by atoms with van der Waals surface area (Å²) < 4.78 is 11.0. The topological polar surface area (TPSA) is 84.9 Å². The molecule has 1 saturated heterocycles. The Hall–Kier alpha value is -1.63. The highest BCUT2D eigenvalue weighted by Crippen LogP contribution is 2.62. The van der Waals surface area contributed by atoms with E-state index in [9.17, 15) is 14.4 Å². The number of hydrogen-bond acceptors (Lipinski definition) is 5. The summed E-state index contributed by atoms with van der Waals surface area (Å²) in [6, 6.07) is 0. The van der Waals surface area contributed by atoms with Gasteiger partial charge in [-0.2, -0.15) is 0 Å². The number of morpholine rings is 1. The molecule has 4 aliphatic carbocycles. The average Bonchev–Trinajstić information content (AvgIpc) is 2.59. The van der Waals surface area contributed by atoms with Crippen LogP contribution < -0.4 is 5.32 Å². The van der Waals surface area contributed by atoms with Crippen LogP contribution in [0.5, 0.6) is 0 Å². The molecule has 7 heteroatoms. The largest absolute Gasteiger partial charge is 0.452 e. The van der Waals surface area contributed by atoms with Gasteiger partial charge in [0, 0.05) is 25.6 Å². The number of ether oxygens (including phenoxy) is 2. The summed E-state index contributed by atoms with van der Waals surface area (Å²) in [5.41, 5.74) is -0.821. The van der Waals surface area contributed by atoms with Crippen molar-refractivity contribution >= 4 is 17.8 Å². The van der Waals surface area contributed by atoms with Crippen molar-refractivity contribution in [3.05, 3.63) is 0 Å². The van der Waals surface area contributed by atoms with E-state index < -0.39 is 11.5 Å². The van der Waals surface area contributed by atoms with E-state index in [1.807, 2.05) is 0 Å². The number of amides is 2. The lowest BCUT2D eigenvalue weighted by atomic mass is 9.47. The number of hydrogen-bond donors (Lipinski definition) is 1. The molecule has 3 unspecified atom stereocenters. The second-order valence-corrected chi connectivity index (χ2v) is 9.19. The van der Waals surface area contributed by atoms with Gasteiger partial charge in [0.1, 0.15) is 0 Å². The van der Waals surface area contributed by atoms with Gasteiger partial charge in [-0.05, 0) is 57.3 Å². The number of rotatable bonds is 4. The van der Waals surface area contributed by atoms with E-state index in [0.717, 1.165) is 32.1 Å². The fourth-order valence-corrected chi connectivity index (χ4v) is 6.40. The molecule has 5 aliphatic rings. The molecule has 3 atom stereocenters. The van der Waals surface area contributed by atoms with Crippen LogP contribution in [0.4, 0.5) is 0 Å². The van der Waals surface area contributed by atoms with Crippen molar-refractivity contribution in [1.82, 2.24) is 10.2 Å². The van der Waals surface area contributed by atoms with E-state index >= 15 is 0 Å². The minimum atomic E-state index is -0.777. The predicted molar refractivity (Wildman–Crippen MR) is 96.6 cm³/mol. The highest BCUT2D eigenvalue weighted by molar-refractivity contribution is 5.85. The fraction of sp³-hybridized carbons (Fsp3) is 0.850. The fourth-order valence-electron chi connectivity index (χ4n) is 6.40. The van der Waals surface area contributed by atoms with Gasteiger partial charge >= 0.3 is 5.97 Å². The quantitative estimate of drug-likeness (QED) is 0.745. The average molecular weight is 378 g/mol. The van der Waals surface area contributed by atoms with Gasteiger partial charge < -0.3 is 19.7 Å². The Balaban J connectivity index is 1.46. The molecule has 1 heterocycles. The van der Waals surface area contributed by atoms with Crippen molar-refractivity contribution in [3.63, 3.8) is 0 Å². The lowest BCUT2D eigenvalue weighted by Gasteiger charge is -2.60. The van der Waals surface area contributed by atoms with E-state index in [-0.39, 0.29) is 23.3 Å². The third kappa shape index (κ3) is 3.46. The van der Waals surface area contributed by atoms with Crippen molar-refractivity contribution < 1.29 is 23.9 Å². The SMILES string of the molecule is CC(=O)NC12CC3CC(C1)CC(C(=O)OC(C)C(=O)N1CCOCC1)(C3)C2. The van der Waals surface area contributed by atoms with Crippen molar-refractivity contribution in [1.29, 1.82) is 0 Å². The van der Waals surface area contributed by atoms with Gasteiger partial charge in [0.25, 0.3) is 5.91 Å². The van der Waals surface area contributed by atoms with E-state index in [1.54, 1.807) is 18.7 Å². The normalized spacial score (nSPS) is 38.4. The Bertz CT molecular complexity index is 628. The van der Waals surface area contributed by atoms with Crippen molar-refractivity contribution in [2.75, 3.05) is 26.3 Å². The molecule has 7 nitrogen and oxygen atoms in total. The van der Waals surface area contributed by atoms with Gasteiger partial charge in [-0.25, -0.2) is 0 Å². The monoisotopic (exact) mass is 378 g/mol. The Morgan fingerprint density at radius 2 is 1.74 bits per heavy atom. The van der Waals surface area contributed by atoms with E-state index in [4.69, 9.17) is 9.47 Å². The van der Waals surface area contributed by atoms with Crippen LogP contribution in [0.15, 0.2) is 0 Å². The summed E-state index contributed by atoms with van der Waals surface area (Å²) >= 11 is 0. The van der Waals surface area contributed by atoms with Gasteiger partial charge in [0.15, 0.2) is 6.10 Å². The highest BCUT2D eigenvalue weighted by Gasteiger charge is 2.61. The summed E-state index contributed by atoms with van der Waals surface area (Å²) in [5.74, 6) is 0.483. The molecular formula is C20H30N2O5. The number of esters is 1. The maximum absolute atomic E-state index is 13.2. The van der Waals surface area contributed by atoms with Crippen LogP contribution in [0.25, 0.3) is 0 Å². The van der Waals surface area contributed by atoms with Crippen molar-refractivity contribution in [3.8, 4) is 0 Å². The van der Waals surface area contributed by atoms with Crippen LogP contribution >= 0.6 is 0 Å². The molecule has 4 bridgehead atoms. The Kier molecular flexibility index (Phi) is 4.69. The third-order valence-electron chi connectivity index (χ3n) is 6.89. The zero-order valence-electron chi connectivity index (χ0n) is 16.3. The number of carbonyl (C=O) groups is 3. The van der Waals surface area contributed by atoms with E-state index in [2.05, 4.69) is 5.32 Å². The second-order valence-electron chi connectivity index (χ2n) is 9.19. The Morgan fingerprint density at radius 3 is 2.33 bits per heavy atom. The first kappa shape index (κ1) is 18.7. The van der Waals surface area contributed by atoms with Gasteiger partial charge in [0.05, 0.1) is 18.6 Å². The van der Waals surface area contributed by atoms with Crippen LogP contribution in [0, 0.1) is 17.3 Å². The van der Waals surface area contributed by atoms with Crippen LogP contribution in [0.1, 0.15) is 52.4 Å². The highest BCUT2D eigenvalue weighted by atomic mass is 16.5. The minimum Gasteiger partial charge on any atom is -0.452 e. The molecule has 0 spiro atoms. The molecule has 150 valence electrons. The zero-order valence-corrected chi connectivity index (χ0v) is 16.3. The number of nitrogens with zero attached hydrogens (tertiary/aromatic N) is 1. The summed E-state index contributed by atoms with van der Waals surface area (Å²) in [5, 5.41) is 3.16. The van der Waals surface area contributed by atoms with Crippen molar-refractivity contribution in [2.45, 2.75) is 64.0 Å². The molecule has 5 fully saturated rings. The summed E-state index contributed by atoms with van der Waals surface area (Å²) in [4.78, 5) is 39.3. The molecule has 2 amide bonds. The van der Waals surface area contributed by atoms with E-state index in [1.165, 1.54) is 0 Å². The van der Waals surface area contributed by atoms with Gasteiger partial charge in [-0.15, -0.1) is 0 Å². The van der Waals surface area contributed by atoms with Gasteiger partial charge in [0.2, 0.25) is 5.91 Å². The first-order chi connectivity index (χ1) is 12.8. The first-order valence-corrected chi connectivity index (χ1v) is 10.2. The standard InChI is InChI=1S/C20H30N2O5/c1-13(17(24)22-3-5-26-6-4-22)27-18(25)19-8-15-7-16(9-19)11-20(10-15,12-19)21-14(2)23/h13,15-16H,3-12H2,1-2H3,(H,21,23). The molecule has 5 rings (SSSR count). The predicted octanol–water partition coefficient (Wildman–Crippen LogP) is 1.25. The second kappa shape index (κ2) is 6.76. The Morgan fingerprint density at radius 1 is 1.11 bits per heavy atom. The molecule has 4 saturated carbocycles. The van der Waals surface area contributed by atoms with Crippen LogP contribution in [0.2, 0.25) is 0 Å². The van der Waals surface area contributed by atoms with Gasteiger partial charge in [-0.1, -0.05) is 0 Å². The molecule has 0 aromatic rings. The van der Waals surface area contributed by atoms with E-state index in [0.29, 0.717) is 44.6 Å². The van der Waals surface area contributed by atoms with Crippen LogP contribution in [-0.4, -0.2) is 60.6 Å². The van der Waals surface area contributed by atoms with Crippen LogP contribution in [0.3, 0.4) is 0 Å². The molecular weight excluding hydrogens is 348 g/mol. The third-order valence-corrected chi connectivity index (χ3v) is 6.89. The maximum atomic E-state index is 13.2. The first-order valence-electron chi connectivity index (χ1n) is 10.2. The molecule has 1 aliphatic heterocycles.